The van der Waals surface area contributed by atoms with Crippen molar-refractivity contribution in [2.24, 2.45) is 0 Å². The van der Waals surface area contributed by atoms with E-state index >= 15 is 0 Å². The number of hydrogen-bond donors (Lipinski definition) is 2. The van der Waals surface area contributed by atoms with Gasteiger partial charge in [0.1, 0.15) is 11.8 Å². The van der Waals surface area contributed by atoms with Crippen LogP contribution >= 0.6 is 0 Å². The molecule has 0 unspecified atom stereocenters. The van der Waals surface area contributed by atoms with Gasteiger partial charge in [0.05, 0.1) is 24.3 Å². The standard InChI is InChI=1S/C19H21N3O2/c1-13(17-9-4-5-10-18(17)24-3)21-14(2)19(23)22-16-8-6-7-15(11-16)12-20/h4-11,13-14,21H,1-3H3,(H,22,23)/p+1/t13-,14+/m0/s1. The van der Waals surface area contributed by atoms with Crippen molar-refractivity contribution in [3.8, 4) is 11.8 Å². The highest BCUT2D eigenvalue weighted by Gasteiger charge is 2.22. The summed E-state index contributed by atoms with van der Waals surface area (Å²) in [4.78, 5) is 12.4. The molecule has 2 rings (SSSR count). The van der Waals surface area contributed by atoms with Gasteiger partial charge in [-0.1, -0.05) is 18.2 Å². The number of carbonyl (C=O) groups is 1. The summed E-state index contributed by atoms with van der Waals surface area (Å²) in [5.74, 6) is 0.711. The van der Waals surface area contributed by atoms with Gasteiger partial charge in [-0.2, -0.15) is 5.26 Å². The van der Waals surface area contributed by atoms with Gasteiger partial charge in [0.25, 0.3) is 5.91 Å². The monoisotopic (exact) mass is 324 g/mol. The lowest BCUT2D eigenvalue weighted by Crippen LogP contribution is -2.91. The highest BCUT2D eigenvalue weighted by Crippen LogP contribution is 2.22. The molecule has 5 nitrogen and oxygen atoms in total. The van der Waals surface area contributed by atoms with Gasteiger partial charge >= 0.3 is 0 Å². The molecule has 0 saturated heterocycles. The molecule has 2 aromatic rings. The van der Waals surface area contributed by atoms with Crippen LogP contribution in [0, 0.1) is 11.3 Å². The van der Waals surface area contributed by atoms with Crippen LogP contribution in [0.15, 0.2) is 48.5 Å². The molecule has 0 aliphatic carbocycles. The third-order valence-electron chi connectivity index (χ3n) is 3.88. The van der Waals surface area contributed by atoms with Gasteiger partial charge in [-0.3, -0.25) is 4.79 Å². The largest absolute Gasteiger partial charge is 0.496 e. The van der Waals surface area contributed by atoms with Crippen LogP contribution < -0.4 is 15.4 Å². The summed E-state index contributed by atoms with van der Waals surface area (Å²) in [5.41, 5.74) is 2.20. The van der Waals surface area contributed by atoms with E-state index in [0.717, 1.165) is 11.3 Å². The molecule has 0 aliphatic rings. The van der Waals surface area contributed by atoms with E-state index in [1.54, 1.807) is 31.4 Å². The Bertz CT molecular complexity index is 752. The van der Waals surface area contributed by atoms with E-state index in [1.165, 1.54) is 0 Å². The van der Waals surface area contributed by atoms with Gasteiger partial charge in [0, 0.05) is 5.69 Å². The normalized spacial score (nSPS) is 12.8. The number of para-hydroxylation sites is 1. The number of nitrogens with one attached hydrogen (secondary N) is 1. The van der Waals surface area contributed by atoms with E-state index in [9.17, 15) is 4.79 Å². The minimum absolute atomic E-state index is 0.0762. The van der Waals surface area contributed by atoms with Gasteiger partial charge < -0.3 is 15.4 Å². The lowest BCUT2D eigenvalue weighted by Gasteiger charge is -2.18. The number of nitrogens with two attached hydrogens (primary N) is 1. The SMILES string of the molecule is COc1ccccc1[C@H](C)[NH2+][C@H](C)C(=O)Nc1cccc(C#N)c1. The van der Waals surface area contributed by atoms with Crippen LogP contribution in [-0.4, -0.2) is 19.1 Å². The van der Waals surface area contributed by atoms with E-state index in [2.05, 4.69) is 11.4 Å². The molecular formula is C19H22N3O2+. The summed E-state index contributed by atoms with van der Waals surface area (Å²) >= 11 is 0. The van der Waals surface area contributed by atoms with Gasteiger partial charge in [0.2, 0.25) is 0 Å². The summed E-state index contributed by atoms with van der Waals surface area (Å²) in [6.07, 6.45) is 0. The second kappa shape index (κ2) is 8.14. The molecule has 24 heavy (non-hydrogen) atoms. The Hall–Kier alpha value is -2.84. The van der Waals surface area contributed by atoms with Crippen LogP contribution in [0.25, 0.3) is 0 Å². The molecule has 0 saturated carbocycles. The third-order valence-corrected chi connectivity index (χ3v) is 3.88. The third kappa shape index (κ3) is 4.34. The number of anilines is 1. The quantitative estimate of drug-likeness (QED) is 0.855. The Labute approximate surface area is 142 Å². The number of carbonyl (C=O) groups excluding carboxylic acids is 1. The van der Waals surface area contributed by atoms with Gasteiger partial charge in [-0.25, -0.2) is 0 Å². The first-order chi connectivity index (χ1) is 11.5. The molecule has 0 radical (unpaired) electrons. The molecule has 0 bridgehead atoms. The molecular weight excluding hydrogens is 302 g/mol. The van der Waals surface area contributed by atoms with Crippen LogP contribution in [0.2, 0.25) is 0 Å². The summed E-state index contributed by atoms with van der Waals surface area (Å²) in [6.45, 7) is 3.90. The molecule has 2 atom stereocenters. The van der Waals surface area contributed by atoms with Crippen LogP contribution in [0.4, 0.5) is 5.69 Å². The van der Waals surface area contributed by atoms with E-state index in [4.69, 9.17) is 10.00 Å². The van der Waals surface area contributed by atoms with Crippen molar-refractivity contribution >= 4 is 11.6 Å². The molecule has 0 heterocycles. The summed E-state index contributed by atoms with van der Waals surface area (Å²) < 4.78 is 5.38. The zero-order valence-corrected chi connectivity index (χ0v) is 14.1. The Morgan fingerprint density at radius 3 is 2.67 bits per heavy atom. The molecule has 3 N–H and O–H groups in total. The number of rotatable bonds is 6. The van der Waals surface area contributed by atoms with Gasteiger partial charge in [0.15, 0.2) is 6.04 Å². The average molecular weight is 324 g/mol. The number of methoxy groups -OCH3 is 1. The smallest absolute Gasteiger partial charge is 0.282 e. The number of amides is 1. The van der Waals surface area contributed by atoms with Crippen molar-refractivity contribution in [2.75, 3.05) is 12.4 Å². The van der Waals surface area contributed by atoms with Crippen LogP contribution in [0.1, 0.15) is 31.0 Å². The van der Waals surface area contributed by atoms with Crippen LogP contribution in [0.5, 0.6) is 5.75 Å². The number of benzene rings is 2. The maximum atomic E-state index is 12.4. The number of ether oxygens (including phenoxy) is 1. The van der Waals surface area contributed by atoms with Crippen molar-refractivity contribution < 1.29 is 14.8 Å². The molecule has 0 fully saturated rings. The fourth-order valence-electron chi connectivity index (χ4n) is 2.59. The van der Waals surface area contributed by atoms with Gasteiger partial charge in [-0.05, 0) is 44.2 Å². The molecule has 0 spiro atoms. The maximum Gasteiger partial charge on any atom is 0.282 e. The van der Waals surface area contributed by atoms with Crippen molar-refractivity contribution in [1.82, 2.24) is 0 Å². The van der Waals surface area contributed by atoms with Crippen molar-refractivity contribution in [3.05, 3.63) is 59.7 Å². The second-order valence-electron chi connectivity index (χ2n) is 5.69. The molecule has 1 amide bonds. The summed E-state index contributed by atoms with van der Waals surface area (Å²) in [6, 6.07) is 16.5. The molecule has 124 valence electrons. The first-order valence-electron chi connectivity index (χ1n) is 7.84. The second-order valence-corrected chi connectivity index (χ2v) is 5.69. The first kappa shape index (κ1) is 17.5. The van der Waals surface area contributed by atoms with Crippen molar-refractivity contribution in [3.63, 3.8) is 0 Å². The number of hydrogen-bond acceptors (Lipinski definition) is 3. The van der Waals surface area contributed by atoms with Crippen LogP contribution in [-0.2, 0) is 4.79 Å². The molecule has 0 aliphatic heterocycles. The highest BCUT2D eigenvalue weighted by atomic mass is 16.5. The molecule has 5 heteroatoms. The summed E-state index contributed by atoms with van der Waals surface area (Å²) in [7, 11) is 1.64. The Kier molecular flexibility index (Phi) is 5.94. The predicted molar refractivity (Wildman–Crippen MR) is 92.6 cm³/mol. The Balaban J connectivity index is 2.01. The number of nitrogens with zero attached hydrogens (tertiary/aromatic N) is 1. The topological polar surface area (TPSA) is 78.7 Å². The van der Waals surface area contributed by atoms with Gasteiger partial charge in [-0.15, -0.1) is 0 Å². The lowest BCUT2D eigenvalue weighted by atomic mass is 10.1. The predicted octanol–water partition coefficient (Wildman–Crippen LogP) is 2.22. The van der Waals surface area contributed by atoms with E-state index < -0.39 is 0 Å². The number of quaternary nitrogens is 1. The minimum atomic E-state index is -0.282. The summed E-state index contributed by atoms with van der Waals surface area (Å²) in [5, 5.41) is 13.8. The fraction of sp³-hybridized carbons (Fsp3) is 0.263. The van der Waals surface area contributed by atoms with E-state index in [0.29, 0.717) is 11.3 Å². The molecule has 0 aromatic heterocycles. The lowest BCUT2D eigenvalue weighted by molar-refractivity contribution is -0.709. The zero-order valence-electron chi connectivity index (χ0n) is 14.1. The number of nitriles is 1. The maximum absolute atomic E-state index is 12.4. The Morgan fingerprint density at radius 2 is 1.96 bits per heavy atom. The molecule has 2 aromatic carbocycles. The van der Waals surface area contributed by atoms with E-state index in [-0.39, 0.29) is 18.0 Å². The highest BCUT2D eigenvalue weighted by molar-refractivity contribution is 5.93. The zero-order chi connectivity index (χ0) is 17.5. The van der Waals surface area contributed by atoms with E-state index in [1.807, 2.05) is 43.4 Å². The van der Waals surface area contributed by atoms with Crippen molar-refractivity contribution in [1.29, 1.82) is 5.26 Å². The van der Waals surface area contributed by atoms with Crippen LogP contribution in [0.3, 0.4) is 0 Å². The Morgan fingerprint density at radius 1 is 1.21 bits per heavy atom. The van der Waals surface area contributed by atoms with Crippen molar-refractivity contribution in [2.45, 2.75) is 25.9 Å². The fourth-order valence-corrected chi connectivity index (χ4v) is 2.59. The first-order valence-corrected chi connectivity index (χ1v) is 7.84. The average Bonchev–Trinajstić information content (AvgIpc) is 2.61. The minimum Gasteiger partial charge on any atom is -0.496 e.